The summed E-state index contributed by atoms with van der Waals surface area (Å²) < 4.78 is 33.1. The fourth-order valence-electron chi connectivity index (χ4n) is 3.67. The molecular weight excluding hydrogens is 426 g/mol. The Balaban J connectivity index is 1.68. The molecule has 0 N–H and O–H groups in total. The molecule has 5 nitrogen and oxygen atoms in total. The van der Waals surface area contributed by atoms with E-state index in [0.717, 1.165) is 16.7 Å². The SMILES string of the molecule is O=C(CC(c1cncc(F)c1)c1ccc(Cl)c(F)c1)N1C(=O)OCC1c1ccccc1. The van der Waals surface area contributed by atoms with Crippen LogP contribution in [-0.2, 0) is 9.53 Å². The Kier molecular flexibility index (Phi) is 5.95. The van der Waals surface area contributed by atoms with Gasteiger partial charge in [0.1, 0.15) is 24.3 Å². The first-order chi connectivity index (χ1) is 14.9. The van der Waals surface area contributed by atoms with Crippen LogP contribution in [0.3, 0.4) is 0 Å². The van der Waals surface area contributed by atoms with E-state index in [-0.39, 0.29) is 18.1 Å². The highest BCUT2D eigenvalue weighted by Crippen LogP contribution is 2.34. The lowest BCUT2D eigenvalue weighted by atomic mass is 9.88. The van der Waals surface area contributed by atoms with Crippen molar-refractivity contribution in [1.29, 1.82) is 0 Å². The quantitative estimate of drug-likeness (QED) is 0.541. The maximum Gasteiger partial charge on any atom is 0.417 e. The van der Waals surface area contributed by atoms with E-state index in [1.54, 1.807) is 30.3 Å². The molecule has 2 unspecified atom stereocenters. The predicted molar refractivity (Wildman–Crippen MR) is 109 cm³/mol. The van der Waals surface area contributed by atoms with E-state index in [1.807, 2.05) is 6.07 Å². The van der Waals surface area contributed by atoms with Crippen molar-refractivity contribution in [3.05, 3.63) is 100 Å². The molecule has 0 spiro atoms. The van der Waals surface area contributed by atoms with Crippen molar-refractivity contribution < 1.29 is 23.1 Å². The van der Waals surface area contributed by atoms with Crippen LogP contribution in [0.15, 0.2) is 67.0 Å². The van der Waals surface area contributed by atoms with Gasteiger partial charge in [0.25, 0.3) is 0 Å². The van der Waals surface area contributed by atoms with Crippen LogP contribution in [0.5, 0.6) is 0 Å². The number of carbonyl (C=O) groups is 2. The van der Waals surface area contributed by atoms with E-state index in [0.29, 0.717) is 11.1 Å². The van der Waals surface area contributed by atoms with E-state index in [9.17, 15) is 18.4 Å². The molecule has 0 aliphatic carbocycles. The third-order valence-electron chi connectivity index (χ3n) is 5.18. The number of carbonyl (C=O) groups excluding carboxylic acids is 2. The molecule has 0 saturated carbocycles. The maximum atomic E-state index is 14.1. The zero-order valence-corrected chi connectivity index (χ0v) is 16.9. The highest BCUT2D eigenvalue weighted by molar-refractivity contribution is 6.30. The summed E-state index contributed by atoms with van der Waals surface area (Å²) >= 11 is 5.79. The van der Waals surface area contributed by atoms with E-state index < -0.39 is 35.6 Å². The molecule has 1 saturated heterocycles. The Morgan fingerprint density at radius 1 is 1.13 bits per heavy atom. The Hall–Kier alpha value is -3.32. The van der Waals surface area contributed by atoms with Gasteiger partial charge in [-0.2, -0.15) is 0 Å². The second-order valence-corrected chi connectivity index (χ2v) is 7.54. The second kappa shape index (κ2) is 8.81. The highest BCUT2D eigenvalue weighted by Gasteiger charge is 2.39. The van der Waals surface area contributed by atoms with Gasteiger partial charge in [-0.1, -0.05) is 48.0 Å². The average Bonchev–Trinajstić information content (AvgIpc) is 3.16. The predicted octanol–water partition coefficient (Wildman–Crippen LogP) is 5.26. The lowest BCUT2D eigenvalue weighted by Crippen LogP contribution is -2.35. The first kappa shape index (κ1) is 20.9. The van der Waals surface area contributed by atoms with Gasteiger partial charge in [0.2, 0.25) is 5.91 Å². The molecule has 2 heterocycles. The molecule has 0 radical (unpaired) electrons. The molecule has 2 aromatic carbocycles. The number of amides is 2. The van der Waals surface area contributed by atoms with Gasteiger partial charge in [-0.3, -0.25) is 9.78 Å². The number of halogens is 3. The molecule has 2 atom stereocenters. The summed E-state index contributed by atoms with van der Waals surface area (Å²) in [7, 11) is 0. The van der Waals surface area contributed by atoms with Crippen molar-refractivity contribution >= 4 is 23.6 Å². The lowest BCUT2D eigenvalue weighted by molar-refractivity contribution is -0.129. The van der Waals surface area contributed by atoms with Crippen molar-refractivity contribution in [3.63, 3.8) is 0 Å². The summed E-state index contributed by atoms with van der Waals surface area (Å²) in [4.78, 5) is 30.5. The fourth-order valence-corrected chi connectivity index (χ4v) is 3.78. The van der Waals surface area contributed by atoms with Crippen LogP contribution in [0.1, 0.15) is 35.1 Å². The molecule has 158 valence electrons. The highest BCUT2D eigenvalue weighted by atomic mass is 35.5. The minimum atomic E-state index is -0.753. The fraction of sp³-hybridized carbons (Fsp3) is 0.174. The van der Waals surface area contributed by atoms with Crippen LogP contribution < -0.4 is 0 Å². The number of hydrogen-bond acceptors (Lipinski definition) is 4. The number of hydrogen-bond donors (Lipinski definition) is 0. The molecule has 1 aromatic heterocycles. The van der Waals surface area contributed by atoms with Crippen molar-refractivity contribution in [2.24, 2.45) is 0 Å². The average molecular weight is 443 g/mol. The van der Waals surface area contributed by atoms with E-state index in [4.69, 9.17) is 16.3 Å². The van der Waals surface area contributed by atoms with Crippen molar-refractivity contribution in [1.82, 2.24) is 9.88 Å². The summed E-state index contributed by atoms with van der Waals surface area (Å²) in [6, 6.07) is 13.8. The van der Waals surface area contributed by atoms with Gasteiger partial charge in [0.15, 0.2) is 0 Å². The van der Waals surface area contributed by atoms with Crippen molar-refractivity contribution in [3.8, 4) is 0 Å². The number of nitrogens with zero attached hydrogens (tertiary/aromatic N) is 2. The van der Waals surface area contributed by atoms with Crippen LogP contribution >= 0.6 is 11.6 Å². The smallest absolute Gasteiger partial charge is 0.417 e. The minimum absolute atomic E-state index is 0.0380. The van der Waals surface area contributed by atoms with E-state index in [1.165, 1.54) is 24.4 Å². The van der Waals surface area contributed by atoms with E-state index >= 15 is 0 Å². The normalized spacial score (nSPS) is 16.8. The molecule has 8 heteroatoms. The largest absolute Gasteiger partial charge is 0.446 e. The lowest BCUT2D eigenvalue weighted by Gasteiger charge is -2.23. The number of benzene rings is 2. The summed E-state index contributed by atoms with van der Waals surface area (Å²) in [6.45, 7) is 0.0380. The topological polar surface area (TPSA) is 59.5 Å². The summed E-state index contributed by atoms with van der Waals surface area (Å²) in [5.74, 6) is -2.52. The standard InChI is InChI=1S/C23H17ClF2N2O3/c24-19-7-6-15(9-20(19)26)18(16-8-17(25)12-27-11-16)10-22(29)28-21(13-31-23(28)30)14-4-2-1-3-5-14/h1-9,11-12,18,21H,10,13H2. The summed E-state index contributed by atoms with van der Waals surface area (Å²) in [5, 5.41) is -0.0709. The molecule has 1 fully saturated rings. The van der Waals surface area contributed by atoms with Gasteiger partial charge >= 0.3 is 6.09 Å². The maximum absolute atomic E-state index is 14.1. The third-order valence-corrected chi connectivity index (χ3v) is 5.49. The molecule has 2 amide bonds. The van der Waals surface area contributed by atoms with Gasteiger partial charge in [0.05, 0.1) is 11.2 Å². The van der Waals surface area contributed by atoms with E-state index in [2.05, 4.69) is 4.98 Å². The molecule has 31 heavy (non-hydrogen) atoms. The Morgan fingerprint density at radius 2 is 1.90 bits per heavy atom. The van der Waals surface area contributed by atoms with Crippen LogP contribution in [0.25, 0.3) is 0 Å². The second-order valence-electron chi connectivity index (χ2n) is 7.13. The number of aromatic nitrogens is 1. The number of ether oxygens (including phenoxy) is 1. The molecule has 3 aromatic rings. The number of pyridine rings is 1. The first-order valence-electron chi connectivity index (χ1n) is 9.53. The molecule has 1 aliphatic rings. The molecule has 4 rings (SSSR count). The molecule has 0 bridgehead atoms. The number of cyclic esters (lactones) is 1. The van der Waals surface area contributed by atoms with Gasteiger partial charge in [0, 0.05) is 18.5 Å². The number of rotatable bonds is 5. The number of imide groups is 1. The van der Waals surface area contributed by atoms with Crippen molar-refractivity contribution in [2.75, 3.05) is 6.61 Å². The Morgan fingerprint density at radius 3 is 2.61 bits per heavy atom. The van der Waals surface area contributed by atoms with Crippen LogP contribution in [0.2, 0.25) is 5.02 Å². The monoisotopic (exact) mass is 442 g/mol. The summed E-state index contributed by atoms with van der Waals surface area (Å²) in [5.41, 5.74) is 1.54. The van der Waals surface area contributed by atoms with Crippen molar-refractivity contribution in [2.45, 2.75) is 18.4 Å². The zero-order chi connectivity index (χ0) is 22.0. The van der Waals surface area contributed by atoms with Gasteiger partial charge in [-0.05, 0) is 34.9 Å². The van der Waals surface area contributed by atoms with Crippen LogP contribution in [0.4, 0.5) is 13.6 Å². The summed E-state index contributed by atoms with van der Waals surface area (Å²) in [6.07, 6.45) is 1.47. The molecular formula is C23H17ClF2N2O3. The van der Waals surface area contributed by atoms with Crippen LogP contribution in [-0.4, -0.2) is 28.5 Å². The van der Waals surface area contributed by atoms with Gasteiger partial charge < -0.3 is 4.74 Å². The molecule has 1 aliphatic heterocycles. The minimum Gasteiger partial charge on any atom is -0.446 e. The zero-order valence-electron chi connectivity index (χ0n) is 16.2. The Labute approximate surface area is 182 Å². The third kappa shape index (κ3) is 4.41. The van der Waals surface area contributed by atoms with Gasteiger partial charge in [-0.25, -0.2) is 18.5 Å². The first-order valence-corrected chi connectivity index (χ1v) is 9.91. The van der Waals surface area contributed by atoms with Crippen LogP contribution in [0, 0.1) is 11.6 Å². The van der Waals surface area contributed by atoms with Gasteiger partial charge in [-0.15, -0.1) is 0 Å². The Bertz CT molecular complexity index is 1130.